The topological polar surface area (TPSA) is 58.9 Å². The Labute approximate surface area is 134 Å². The van der Waals surface area contributed by atoms with Crippen LogP contribution < -0.4 is 5.32 Å². The van der Waals surface area contributed by atoms with Gasteiger partial charge >= 0.3 is 0 Å². The van der Waals surface area contributed by atoms with E-state index in [1.165, 1.54) is 18.5 Å². The van der Waals surface area contributed by atoms with Gasteiger partial charge in [-0.15, -0.1) is 0 Å². The monoisotopic (exact) mass is 314 g/mol. The molecule has 1 unspecified atom stereocenters. The van der Waals surface area contributed by atoms with Crippen LogP contribution >= 0.6 is 0 Å². The molecule has 6 nitrogen and oxygen atoms in total. The van der Waals surface area contributed by atoms with Crippen molar-refractivity contribution in [1.82, 2.24) is 24.6 Å². The first-order valence-electron chi connectivity index (χ1n) is 7.33. The van der Waals surface area contributed by atoms with Crippen LogP contribution in [0.3, 0.4) is 0 Å². The lowest BCUT2D eigenvalue weighted by Crippen LogP contribution is -2.26. The van der Waals surface area contributed by atoms with Gasteiger partial charge < -0.3 is 10.2 Å². The molecule has 3 rings (SSSR count). The molecule has 7 heteroatoms. The lowest BCUT2D eigenvalue weighted by Gasteiger charge is -2.24. The Balaban J connectivity index is 1.85. The highest BCUT2D eigenvalue weighted by Crippen LogP contribution is 2.22. The fourth-order valence-corrected chi connectivity index (χ4v) is 2.57. The van der Waals surface area contributed by atoms with Crippen LogP contribution in [0.2, 0.25) is 0 Å². The molecule has 0 saturated carbocycles. The van der Waals surface area contributed by atoms with Crippen molar-refractivity contribution in [2.75, 3.05) is 26.0 Å². The third kappa shape index (κ3) is 3.29. The van der Waals surface area contributed by atoms with E-state index in [9.17, 15) is 4.39 Å². The number of likely N-dealkylation sites (N-methyl/N-ethyl adjacent to an activating group) is 1. The van der Waals surface area contributed by atoms with Gasteiger partial charge in [-0.1, -0.05) is 0 Å². The number of hydrogen-bond acceptors (Lipinski definition) is 5. The van der Waals surface area contributed by atoms with Gasteiger partial charge in [-0.2, -0.15) is 5.10 Å². The summed E-state index contributed by atoms with van der Waals surface area (Å²) in [5.74, 6) is 0.331. The van der Waals surface area contributed by atoms with Crippen LogP contribution in [0.5, 0.6) is 0 Å². The molecule has 0 spiro atoms. The molecule has 0 aliphatic carbocycles. The van der Waals surface area contributed by atoms with E-state index in [-0.39, 0.29) is 11.9 Å². The van der Waals surface area contributed by atoms with Crippen molar-refractivity contribution in [3.8, 4) is 0 Å². The molecule has 1 aromatic carbocycles. The smallest absolute Gasteiger partial charge is 0.137 e. The molecule has 120 valence electrons. The zero-order valence-electron chi connectivity index (χ0n) is 13.4. The molecule has 23 heavy (non-hydrogen) atoms. The minimum absolute atomic E-state index is 0.127. The summed E-state index contributed by atoms with van der Waals surface area (Å²) in [6, 6.07) is 4.63. The van der Waals surface area contributed by atoms with Gasteiger partial charge in [0.1, 0.15) is 18.0 Å². The average molecular weight is 314 g/mol. The third-order valence-corrected chi connectivity index (χ3v) is 3.79. The summed E-state index contributed by atoms with van der Waals surface area (Å²) in [4.78, 5) is 10.5. The third-order valence-electron chi connectivity index (χ3n) is 3.79. The number of nitrogens with zero attached hydrogens (tertiary/aromatic N) is 5. The van der Waals surface area contributed by atoms with Gasteiger partial charge in [-0.05, 0) is 32.3 Å². The number of nitrogens with one attached hydrogen (secondary N) is 1. The number of fused-ring (bicyclic) bond motifs is 1. The highest BCUT2D eigenvalue weighted by Gasteiger charge is 2.16. The highest BCUT2D eigenvalue weighted by molar-refractivity contribution is 5.88. The van der Waals surface area contributed by atoms with Crippen LogP contribution in [-0.4, -0.2) is 45.3 Å². The number of aromatic nitrogens is 4. The predicted octanol–water partition coefficient (Wildman–Crippen LogP) is 2.22. The lowest BCUT2D eigenvalue weighted by molar-refractivity contribution is 0.311. The summed E-state index contributed by atoms with van der Waals surface area (Å²) in [5, 5.41) is 8.21. The SMILES string of the molecule is CN(C)C(CNc1ncnc2ccc(F)cc12)c1cnn(C)c1. The Morgan fingerprint density at radius 3 is 2.83 bits per heavy atom. The fourth-order valence-electron chi connectivity index (χ4n) is 2.57. The number of halogens is 1. The second kappa shape index (κ2) is 6.29. The summed E-state index contributed by atoms with van der Waals surface area (Å²) in [6.07, 6.45) is 5.32. The quantitative estimate of drug-likeness (QED) is 0.782. The Kier molecular flexibility index (Phi) is 4.20. The molecule has 0 aliphatic heterocycles. The van der Waals surface area contributed by atoms with E-state index in [2.05, 4.69) is 25.3 Å². The van der Waals surface area contributed by atoms with Gasteiger partial charge in [-0.3, -0.25) is 4.68 Å². The summed E-state index contributed by atoms with van der Waals surface area (Å²) < 4.78 is 15.3. The standard InChI is InChI=1S/C16H19FN6/c1-22(2)15(11-7-21-23(3)9-11)8-18-16-13-6-12(17)4-5-14(13)19-10-20-16/h4-7,9-10,15H,8H2,1-3H3,(H,18,19,20). The summed E-state index contributed by atoms with van der Waals surface area (Å²) in [6.45, 7) is 0.626. The Morgan fingerprint density at radius 1 is 1.30 bits per heavy atom. The second-order valence-corrected chi connectivity index (χ2v) is 5.69. The summed E-state index contributed by atoms with van der Waals surface area (Å²) in [5.41, 5.74) is 1.82. The van der Waals surface area contributed by atoms with Crippen LogP contribution in [0.1, 0.15) is 11.6 Å². The van der Waals surface area contributed by atoms with Gasteiger partial charge in [0.2, 0.25) is 0 Å². The molecule has 0 fully saturated rings. The van der Waals surface area contributed by atoms with Crippen molar-refractivity contribution in [2.24, 2.45) is 7.05 Å². The van der Waals surface area contributed by atoms with Crippen molar-refractivity contribution < 1.29 is 4.39 Å². The molecule has 0 aliphatic rings. The van der Waals surface area contributed by atoms with E-state index >= 15 is 0 Å². The zero-order chi connectivity index (χ0) is 16.4. The van der Waals surface area contributed by atoms with Crippen LogP contribution in [0.25, 0.3) is 10.9 Å². The van der Waals surface area contributed by atoms with E-state index in [1.807, 2.05) is 33.5 Å². The zero-order valence-corrected chi connectivity index (χ0v) is 13.4. The van der Waals surface area contributed by atoms with E-state index < -0.39 is 0 Å². The minimum atomic E-state index is -0.299. The maximum absolute atomic E-state index is 13.5. The maximum atomic E-state index is 13.5. The Bertz CT molecular complexity index is 813. The van der Waals surface area contributed by atoms with E-state index in [0.29, 0.717) is 23.3 Å². The Hall–Kier alpha value is -2.54. The molecular formula is C16H19FN6. The van der Waals surface area contributed by atoms with Gasteiger partial charge in [0, 0.05) is 30.7 Å². The predicted molar refractivity (Wildman–Crippen MR) is 87.6 cm³/mol. The normalized spacial score (nSPS) is 12.7. The van der Waals surface area contributed by atoms with Crippen LogP contribution in [0.4, 0.5) is 10.2 Å². The Morgan fingerprint density at radius 2 is 2.13 bits per heavy atom. The first-order chi connectivity index (χ1) is 11.0. The first kappa shape index (κ1) is 15.4. The van der Waals surface area contributed by atoms with E-state index in [4.69, 9.17) is 0 Å². The minimum Gasteiger partial charge on any atom is -0.368 e. The molecule has 1 atom stereocenters. The summed E-state index contributed by atoms with van der Waals surface area (Å²) in [7, 11) is 5.92. The van der Waals surface area contributed by atoms with Crippen molar-refractivity contribution in [1.29, 1.82) is 0 Å². The number of benzene rings is 1. The second-order valence-electron chi connectivity index (χ2n) is 5.69. The molecule has 1 N–H and O–H groups in total. The lowest BCUT2D eigenvalue weighted by atomic mass is 10.1. The fraction of sp³-hybridized carbons (Fsp3) is 0.312. The van der Waals surface area contributed by atoms with Gasteiger partial charge in [0.25, 0.3) is 0 Å². The number of aryl methyl sites for hydroxylation is 1. The number of rotatable bonds is 5. The molecular weight excluding hydrogens is 295 g/mol. The average Bonchev–Trinajstić information content (AvgIpc) is 2.93. The van der Waals surface area contributed by atoms with Gasteiger partial charge in [-0.25, -0.2) is 14.4 Å². The molecule has 2 aromatic heterocycles. The van der Waals surface area contributed by atoms with Crippen molar-refractivity contribution in [2.45, 2.75) is 6.04 Å². The van der Waals surface area contributed by atoms with Crippen molar-refractivity contribution in [3.05, 3.63) is 48.3 Å². The highest BCUT2D eigenvalue weighted by atomic mass is 19.1. The molecule has 2 heterocycles. The van der Waals surface area contributed by atoms with E-state index in [1.54, 1.807) is 10.7 Å². The largest absolute Gasteiger partial charge is 0.368 e. The molecule has 0 radical (unpaired) electrons. The van der Waals surface area contributed by atoms with E-state index in [0.717, 1.165) is 5.56 Å². The summed E-state index contributed by atoms with van der Waals surface area (Å²) >= 11 is 0. The van der Waals surface area contributed by atoms with Crippen LogP contribution in [0, 0.1) is 5.82 Å². The number of hydrogen-bond donors (Lipinski definition) is 1. The van der Waals surface area contributed by atoms with Crippen LogP contribution in [0.15, 0.2) is 36.9 Å². The van der Waals surface area contributed by atoms with Crippen LogP contribution in [-0.2, 0) is 7.05 Å². The molecule has 0 saturated heterocycles. The van der Waals surface area contributed by atoms with Gasteiger partial charge in [0.05, 0.1) is 17.8 Å². The van der Waals surface area contributed by atoms with Gasteiger partial charge in [0.15, 0.2) is 0 Å². The maximum Gasteiger partial charge on any atom is 0.137 e. The molecule has 0 bridgehead atoms. The van der Waals surface area contributed by atoms with Crippen molar-refractivity contribution >= 4 is 16.7 Å². The molecule has 3 aromatic rings. The van der Waals surface area contributed by atoms with Crippen molar-refractivity contribution in [3.63, 3.8) is 0 Å². The first-order valence-corrected chi connectivity index (χ1v) is 7.33. The molecule has 0 amide bonds. The number of anilines is 1.